The van der Waals surface area contributed by atoms with E-state index in [0.717, 1.165) is 30.1 Å². The number of nitrogens with one attached hydrogen (secondary N) is 2. The van der Waals surface area contributed by atoms with Crippen molar-refractivity contribution in [2.24, 2.45) is 0 Å². The van der Waals surface area contributed by atoms with Crippen molar-refractivity contribution in [2.45, 2.75) is 33.1 Å². The lowest BCUT2D eigenvalue weighted by molar-refractivity contribution is -0.121. The Morgan fingerprint density at radius 2 is 2.24 bits per heavy atom. The second-order valence-corrected chi connectivity index (χ2v) is 5.10. The third-order valence-electron chi connectivity index (χ3n) is 2.79. The van der Waals surface area contributed by atoms with Crippen molar-refractivity contribution in [1.29, 1.82) is 0 Å². The van der Waals surface area contributed by atoms with Crippen LogP contribution in [0.2, 0.25) is 0 Å². The first-order valence-electron chi connectivity index (χ1n) is 5.91. The first kappa shape index (κ1) is 14.1. The van der Waals surface area contributed by atoms with Crippen LogP contribution in [0, 0.1) is 13.8 Å². The van der Waals surface area contributed by atoms with E-state index in [9.17, 15) is 4.79 Å². The smallest absolute Gasteiger partial charge is 0.220 e. The topological polar surface area (TPSA) is 57.8 Å². The van der Waals surface area contributed by atoms with Gasteiger partial charge in [-0.3, -0.25) is 9.89 Å². The summed E-state index contributed by atoms with van der Waals surface area (Å²) in [5, 5.41) is 10.0. The number of hydrogen-bond donors (Lipinski definition) is 2. The number of aromatic nitrogens is 2. The molecule has 1 aromatic heterocycles. The molecule has 96 valence electrons. The molecule has 0 saturated carbocycles. The van der Waals surface area contributed by atoms with Crippen LogP contribution in [-0.2, 0) is 11.2 Å². The zero-order valence-corrected chi connectivity index (χ0v) is 11.6. The van der Waals surface area contributed by atoms with Crippen LogP contribution in [0.4, 0.5) is 0 Å². The molecular weight excluding hydrogens is 234 g/mol. The number of nitrogens with zero attached hydrogens (tertiary/aromatic N) is 1. The van der Waals surface area contributed by atoms with Gasteiger partial charge in [-0.25, -0.2) is 0 Å². The van der Waals surface area contributed by atoms with E-state index in [1.807, 2.05) is 13.8 Å². The maximum Gasteiger partial charge on any atom is 0.220 e. The highest BCUT2D eigenvalue weighted by molar-refractivity contribution is 7.98. The van der Waals surface area contributed by atoms with Crippen LogP contribution in [0.5, 0.6) is 0 Å². The van der Waals surface area contributed by atoms with Crippen molar-refractivity contribution in [3.05, 3.63) is 17.0 Å². The lowest BCUT2D eigenvalue weighted by Crippen LogP contribution is -2.25. The van der Waals surface area contributed by atoms with Crippen molar-refractivity contribution < 1.29 is 4.79 Å². The number of hydrogen-bond acceptors (Lipinski definition) is 3. The van der Waals surface area contributed by atoms with Gasteiger partial charge >= 0.3 is 0 Å². The Balaban J connectivity index is 2.22. The van der Waals surface area contributed by atoms with Gasteiger partial charge in [0.1, 0.15) is 0 Å². The van der Waals surface area contributed by atoms with E-state index in [0.29, 0.717) is 12.8 Å². The third kappa shape index (κ3) is 4.81. The summed E-state index contributed by atoms with van der Waals surface area (Å²) in [7, 11) is 0. The molecule has 0 radical (unpaired) electrons. The number of thioether (sulfide) groups is 1. The van der Waals surface area contributed by atoms with Gasteiger partial charge in [-0.05, 0) is 37.8 Å². The normalized spacial score (nSPS) is 10.5. The third-order valence-corrected chi connectivity index (χ3v) is 3.49. The number of carbonyl (C=O) groups excluding carboxylic acids is 1. The Labute approximate surface area is 107 Å². The van der Waals surface area contributed by atoms with Crippen LogP contribution < -0.4 is 5.32 Å². The van der Waals surface area contributed by atoms with Gasteiger partial charge in [-0.2, -0.15) is 16.9 Å². The maximum absolute atomic E-state index is 11.5. The number of carbonyl (C=O) groups is 1. The van der Waals surface area contributed by atoms with E-state index in [4.69, 9.17) is 0 Å². The Bertz CT molecular complexity index is 363. The minimum absolute atomic E-state index is 0.117. The zero-order valence-electron chi connectivity index (χ0n) is 10.8. The average molecular weight is 255 g/mol. The van der Waals surface area contributed by atoms with Gasteiger partial charge < -0.3 is 5.32 Å². The number of aryl methyl sites for hydroxylation is 2. The highest BCUT2D eigenvalue weighted by Gasteiger charge is 2.07. The molecule has 0 aromatic carbocycles. The van der Waals surface area contributed by atoms with E-state index in [2.05, 4.69) is 21.8 Å². The lowest BCUT2D eigenvalue weighted by Gasteiger charge is -2.03. The zero-order chi connectivity index (χ0) is 12.7. The number of amides is 1. The molecule has 0 spiro atoms. The Morgan fingerprint density at radius 1 is 1.47 bits per heavy atom. The second-order valence-electron chi connectivity index (χ2n) is 4.12. The number of H-pyrrole nitrogens is 1. The Morgan fingerprint density at radius 3 is 2.82 bits per heavy atom. The van der Waals surface area contributed by atoms with Crippen LogP contribution in [0.15, 0.2) is 0 Å². The molecule has 0 aliphatic carbocycles. The van der Waals surface area contributed by atoms with Crippen molar-refractivity contribution in [3.8, 4) is 0 Å². The van der Waals surface area contributed by atoms with Crippen LogP contribution >= 0.6 is 11.8 Å². The predicted octanol–water partition coefficient (Wildman–Crippen LogP) is 1.83. The van der Waals surface area contributed by atoms with E-state index >= 15 is 0 Å². The number of rotatable bonds is 7. The summed E-state index contributed by atoms with van der Waals surface area (Å²) >= 11 is 1.80. The molecule has 1 aromatic rings. The molecule has 0 saturated heterocycles. The summed E-state index contributed by atoms with van der Waals surface area (Å²) in [6.07, 6.45) is 4.34. The molecular formula is C12H21N3OS. The molecule has 1 heterocycles. The molecule has 4 nitrogen and oxygen atoms in total. The molecule has 5 heteroatoms. The van der Waals surface area contributed by atoms with Gasteiger partial charge in [0.2, 0.25) is 5.91 Å². The second kappa shape index (κ2) is 7.37. The quantitative estimate of drug-likeness (QED) is 0.731. The fourth-order valence-corrected chi connectivity index (χ4v) is 1.98. The summed E-state index contributed by atoms with van der Waals surface area (Å²) in [4.78, 5) is 11.5. The molecule has 0 bridgehead atoms. The van der Waals surface area contributed by atoms with Gasteiger partial charge in [0.05, 0.1) is 5.69 Å². The summed E-state index contributed by atoms with van der Waals surface area (Å²) in [6, 6.07) is 0. The summed E-state index contributed by atoms with van der Waals surface area (Å²) in [5.41, 5.74) is 3.25. The standard InChI is InChI=1S/C12H21N3OS/c1-9-10(2)14-15-11(9)5-6-12(16)13-7-4-8-17-3/h4-8H2,1-3H3,(H,13,16)(H,14,15). The predicted molar refractivity (Wildman–Crippen MR) is 72.4 cm³/mol. The molecule has 1 amide bonds. The molecule has 0 aliphatic rings. The fourth-order valence-electron chi connectivity index (χ4n) is 1.54. The van der Waals surface area contributed by atoms with E-state index in [1.165, 1.54) is 5.56 Å². The lowest BCUT2D eigenvalue weighted by atomic mass is 10.1. The first-order valence-corrected chi connectivity index (χ1v) is 7.30. The molecule has 2 N–H and O–H groups in total. The van der Waals surface area contributed by atoms with E-state index < -0.39 is 0 Å². The molecule has 0 atom stereocenters. The van der Waals surface area contributed by atoms with Gasteiger partial charge in [0, 0.05) is 25.1 Å². The highest BCUT2D eigenvalue weighted by atomic mass is 32.2. The number of aromatic amines is 1. The largest absolute Gasteiger partial charge is 0.356 e. The minimum Gasteiger partial charge on any atom is -0.356 e. The summed E-state index contributed by atoms with van der Waals surface area (Å²) < 4.78 is 0. The van der Waals surface area contributed by atoms with Crippen molar-refractivity contribution in [2.75, 3.05) is 18.6 Å². The van der Waals surface area contributed by atoms with Crippen LogP contribution in [0.25, 0.3) is 0 Å². The van der Waals surface area contributed by atoms with Gasteiger partial charge in [0.25, 0.3) is 0 Å². The maximum atomic E-state index is 11.5. The average Bonchev–Trinajstić information content (AvgIpc) is 2.63. The highest BCUT2D eigenvalue weighted by Crippen LogP contribution is 2.10. The summed E-state index contributed by atoms with van der Waals surface area (Å²) in [6.45, 7) is 4.80. The van der Waals surface area contributed by atoms with Crippen molar-refractivity contribution in [3.63, 3.8) is 0 Å². The van der Waals surface area contributed by atoms with Gasteiger partial charge in [-0.15, -0.1) is 0 Å². The van der Waals surface area contributed by atoms with Crippen LogP contribution in [0.3, 0.4) is 0 Å². The van der Waals surface area contributed by atoms with Crippen LogP contribution in [0.1, 0.15) is 29.8 Å². The van der Waals surface area contributed by atoms with Gasteiger partial charge in [0.15, 0.2) is 0 Å². The molecule has 1 rings (SSSR count). The first-order chi connectivity index (χ1) is 8.15. The van der Waals surface area contributed by atoms with Crippen LogP contribution in [-0.4, -0.2) is 34.7 Å². The van der Waals surface area contributed by atoms with E-state index in [1.54, 1.807) is 11.8 Å². The Hall–Kier alpha value is -0.970. The molecule has 0 fully saturated rings. The Kier molecular flexibility index (Phi) is 6.11. The fraction of sp³-hybridized carbons (Fsp3) is 0.667. The molecule has 0 aliphatic heterocycles. The monoisotopic (exact) mass is 255 g/mol. The van der Waals surface area contributed by atoms with E-state index in [-0.39, 0.29) is 5.91 Å². The summed E-state index contributed by atoms with van der Waals surface area (Å²) in [5.74, 6) is 1.21. The minimum atomic E-state index is 0.117. The van der Waals surface area contributed by atoms with Crippen molar-refractivity contribution in [1.82, 2.24) is 15.5 Å². The SMILES string of the molecule is CSCCCNC(=O)CCc1n[nH]c(C)c1C. The van der Waals surface area contributed by atoms with Gasteiger partial charge in [-0.1, -0.05) is 0 Å². The van der Waals surface area contributed by atoms with Crippen molar-refractivity contribution >= 4 is 17.7 Å². The molecule has 17 heavy (non-hydrogen) atoms. The molecule has 0 unspecified atom stereocenters.